The van der Waals surface area contributed by atoms with Gasteiger partial charge < -0.3 is 4.57 Å². The van der Waals surface area contributed by atoms with E-state index >= 15 is 0 Å². The molecule has 0 aliphatic carbocycles. The van der Waals surface area contributed by atoms with Crippen molar-refractivity contribution in [2.45, 2.75) is 6.73 Å². The SMILES string of the molecule is O=S(=O)(O)OCn1ccnc1. The van der Waals surface area contributed by atoms with Gasteiger partial charge in [0.25, 0.3) is 0 Å². The van der Waals surface area contributed by atoms with Gasteiger partial charge in [-0.25, -0.2) is 9.17 Å². The Balaban J connectivity index is 2.48. The van der Waals surface area contributed by atoms with Gasteiger partial charge in [0, 0.05) is 12.4 Å². The van der Waals surface area contributed by atoms with Crippen molar-refractivity contribution in [2.24, 2.45) is 0 Å². The topological polar surface area (TPSA) is 81.4 Å². The normalized spacial score (nSPS) is 11.7. The van der Waals surface area contributed by atoms with Crippen molar-refractivity contribution in [1.82, 2.24) is 9.55 Å². The molecule has 1 heterocycles. The number of rotatable bonds is 3. The van der Waals surface area contributed by atoms with E-state index in [1.54, 1.807) is 0 Å². The molecule has 62 valence electrons. The highest BCUT2D eigenvalue weighted by Gasteiger charge is 2.02. The second-order valence-electron chi connectivity index (χ2n) is 1.75. The maximum Gasteiger partial charge on any atom is 0.399 e. The molecular weight excluding hydrogens is 172 g/mol. The Morgan fingerprint density at radius 3 is 2.82 bits per heavy atom. The Labute approximate surface area is 63.4 Å². The molecule has 1 N–H and O–H groups in total. The van der Waals surface area contributed by atoms with Crippen LogP contribution in [-0.2, 0) is 21.3 Å². The standard InChI is InChI=1S/C4H6N2O4S/c7-11(8,9)10-4-6-2-1-5-3-6/h1-3H,4H2,(H,7,8,9). The third kappa shape index (κ3) is 3.12. The third-order valence-corrected chi connectivity index (χ3v) is 1.31. The quantitative estimate of drug-likeness (QED) is 0.640. The highest BCUT2D eigenvalue weighted by Crippen LogP contribution is 1.91. The lowest BCUT2D eigenvalue weighted by Gasteiger charge is -1.98. The number of nitrogens with zero attached hydrogens (tertiary/aromatic N) is 2. The molecule has 0 aliphatic heterocycles. The summed E-state index contributed by atoms with van der Waals surface area (Å²) in [4.78, 5) is 3.63. The summed E-state index contributed by atoms with van der Waals surface area (Å²) in [5.74, 6) is 0. The van der Waals surface area contributed by atoms with Crippen molar-refractivity contribution in [2.75, 3.05) is 0 Å². The van der Waals surface area contributed by atoms with Gasteiger partial charge in [-0.3, -0.25) is 4.55 Å². The first kappa shape index (κ1) is 8.18. The summed E-state index contributed by atoms with van der Waals surface area (Å²) >= 11 is 0. The third-order valence-electron chi connectivity index (χ3n) is 0.910. The largest absolute Gasteiger partial charge is 0.399 e. The molecule has 0 fully saturated rings. The zero-order valence-corrected chi connectivity index (χ0v) is 6.23. The molecule has 0 aliphatic rings. The molecule has 0 saturated carbocycles. The molecule has 0 saturated heterocycles. The van der Waals surface area contributed by atoms with Crippen LogP contribution in [0.3, 0.4) is 0 Å². The molecule has 0 radical (unpaired) electrons. The Kier molecular flexibility index (Phi) is 2.22. The van der Waals surface area contributed by atoms with Crippen molar-refractivity contribution >= 4 is 10.4 Å². The van der Waals surface area contributed by atoms with Gasteiger partial charge in [0.2, 0.25) is 0 Å². The van der Waals surface area contributed by atoms with Gasteiger partial charge >= 0.3 is 10.4 Å². The van der Waals surface area contributed by atoms with E-state index in [2.05, 4.69) is 9.17 Å². The average molecular weight is 178 g/mol. The van der Waals surface area contributed by atoms with Crippen molar-refractivity contribution in [3.05, 3.63) is 18.7 Å². The van der Waals surface area contributed by atoms with Crippen molar-refractivity contribution in [3.63, 3.8) is 0 Å². The van der Waals surface area contributed by atoms with Crippen LogP contribution in [-0.4, -0.2) is 22.5 Å². The molecule has 1 aromatic rings. The van der Waals surface area contributed by atoms with E-state index in [0.717, 1.165) is 0 Å². The lowest BCUT2D eigenvalue weighted by atomic mass is 10.9. The first-order chi connectivity index (χ1) is 5.08. The maximum absolute atomic E-state index is 10.0. The smallest absolute Gasteiger partial charge is 0.312 e. The second kappa shape index (κ2) is 2.99. The van der Waals surface area contributed by atoms with E-state index < -0.39 is 10.4 Å². The summed E-state index contributed by atoms with van der Waals surface area (Å²) in [5, 5.41) is 0. The summed E-state index contributed by atoms with van der Waals surface area (Å²) in [6.45, 7) is -0.265. The zero-order valence-electron chi connectivity index (χ0n) is 5.41. The van der Waals surface area contributed by atoms with E-state index in [9.17, 15) is 8.42 Å². The van der Waals surface area contributed by atoms with E-state index in [-0.39, 0.29) is 6.73 Å². The van der Waals surface area contributed by atoms with Crippen LogP contribution in [0.2, 0.25) is 0 Å². The number of hydrogen-bond acceptors (Lipinski definition) is 4. The summed E-state index contributed by atoms with van der Waals surface area (Å²) in [6, 6.07) is 0. The summed E-state index contributed by atoms with van der Waals surface area (Å²) in [6.07, 6.45) is 4.34. The molecule has 0 spiro atoms. The van der Waals surface area contributed by atoms with E-state index in [1.165, 1.54) is 23.3 Å². The van der Waals surface area contributed by atoms with Gasteiger partial charge in [-0.15, -0.1) is 0 Å². The number of hydrogen-bond donors (Lipinski definition) is 1. The minimum absolute atomic E-state index is 0.265. The Morgan fingerprint density at radius 2 is 2.36 bits per heavy atom. The fourth-order valence-corrected chi connectivity index (χ4v) is 0.745. The molecule has 0 unspecified atom stereocenters. The average Bonchev–Trinajstić information content (AvgIpc) is 2.32. The molecule has 11 heavy (non-hydrogen) atoms. The maximum atomic E-state index is 10.0. The highest BCUT2D eigenvalue weighted by molar-refractivity contribution is 7.80. The van der Waals surface area contributed by atoms with Crippen LogP contribution >= 0.6 is 0 Å². The van der Waals surface area contributed by atoms with Crippen molar-refractivity contribution in [1.29, 1.82) is 0 Å². The highest BCUT2D eigenvalue weighted by atomic mass is 32.3. The molecular formula is C4H6N2O4S. The van der Waals surface area contributed by atoms with Crippen molar-refractivity contribution < 1.29 is 17.2 Å². The Morgan fingerprint density at radius 1 is 1.64 bits per heavy atom. The van der Waals surface area contributed by atoms with Gasteiger partial charge in [-0.2, -0.15) is 8.42 Å². The summed E-state index contributed by atoms with van der Waals surface area (Å²) < 4.78 is 33.6. The van der Waals surface area contributed by atoms with Gasteiger partial charge in [0.1, 0.15) is 6.73 Å². The lowest BCUT2D eigenvalue weighted by molar-refractivity contribution is 0.209. The summed E-state index contributed by atoms with van der Waals surface area (Å²) in [5.41, 5.74) is 0. The molecule has 6 nitrogen and oxygen atoms in total. The predicted octanol–water partition coefficient (Wildman–Crippen LogP) is -0.340. The van der Waals surface area contributed by atoms with Gasteiger partial charge in [-0.05, 0) is 0 Å². The lowest BCUT2D eigenvalue weighted by Crippen LogP contribution is -2.07. The van der Waals surface area contributed by atoms with Crippen LogP contribution in [0.15, 0.2) is 18.7 Å². The number of aromatic nitrogens is 2. The minimum atomic E-state index is -4.35. The van der Waals surface area contributed by atoms with Crippen LogP contribution in [0.25, 0.3) is 0 Å². The van der Waals surface area contributed by atoms with Crippen LogP contribution in [0, 0.1) is 0 Å². The molecule has 7 heteroatoms. The monoisotopic (exact) mass is 178 g/mol. The summed E-state index contributed by atoms with van der Waals surface area (Å²) in [7, 11) is -4.35. The Bertz CT molecular complexity index is 303. The van der Waals surface area contributed by atoms with Crippen LogP contribution in [0.4, 0.5) is 0 Å². The van der Waals surface area contributed by atoms with Gasteiger partial charge in [-0.1, -0.05) is 0 Å². The molecule has 0 aromatic carbocycles. The van der Waals surface area contributed by atoms with Crippen LogP contribution < -0.4 is 0 Å². The molecule has 1 aromatic heterocycles. The van der Waals surface area contributed by atoms with Crippen LogP contribution in [0.1, 0.15) is 0 Å². The fraction of sp³-hybridized carbons (Fsp3) is 0.250. The van der Waals surface area contributed by atoms with E-state index in [0.29, 0.717) is 0 Å². The predicted molar refractivity (Wildman–Crippen MR) is 34.9 cm³/mol. The fourth-order valence-electron chi connectivity index (χ4n) is 0.491. The molecule has 0 bridgehead atoms. The first-order valence-electron chi connectivity index (χ1n) is 2.65. The number of imidazole rings is 1. The Hall–Kier alpha value is -0.920. The van der Waals surface area contributed by atoms with Crippen molar-refractivity contribution in [3.8, 4) is 0 Å². The van der Waals surface area contributed by atoms with Gasteiger partial charge in [0.05, 0.1) is 6.33 Å². The first-order valence-corrected chi connectivity index (χ1v) is 4.02. The van der Waals surface area contributed by atoms with E-state index in [1.807, 2.05) is 0 Å². The zero-order chi connectivity index (χ0) is 8.32. The van der Waals surface area contributed by atoms with Gasteiger partial charge in [0.15, 0.2) is 0 Å². The van der Waals surface area contributed by atoms with E-state index in [4.69, 9.17) is 4.55 Å². The molecule has 0 atom stereocenters. The molecule has 0 amide bonds. The minimum Gasteiger partial charge on any atom is -0.312 e. The van der Waals surface area contributed by atoms with Crippen LogP contribution in [0.5, 0.6) is 0 Å². The second-order valence-corrected chi connectivity index (χ2v) is 2.84. The molecule has 1 rings (SSSR count).